The molecule has 2 rings (SSSR count). The van der Waals surface area contributed by atoms with Crippen LogP contribution in [-0.4, -0.2) is 41.5 Å². The summed E-state index contributed by atoms with van der Waals surface area (Å²) >= 11 is 0. The third-order valence-corrected chi connectivity index (χ3v) is 4.65. The largest absolute Gasteiger partial charge is 0.356 e. The molecule has 1 aromatic heterocycles. The van der Waals surface area contributed by atoms with E-state index in [9.17, 15) is 9.59 Å². The molecule has 2 N–H and O–H groups in total. The molecular weight excluding hydrogens is 316 g/mol. The average molecular weight is 346 g/mol. The third kappa shape index (κ3) is 5.18. The van der Waals surface area contributed by atoms with Crippen LogP contribution in [0.5, 0.6) is 0 Å². The first-order chi connectivity index (χ1) is 11.8. The summed E-state index contributed by atoms with van der Waals surface area (Å²) in [6.07, 6.45) is 1.99. The molecule has 6 heteroatoms. The van der Waals surface area contributed by atoms with Gasteiger partial charge < -0.3 is 15.5 Å². The van der Waals surface area contributed by atoms with Crippen molar-refractivity contribution in [1.82, 2.24) is 15.2 Å². The number of aromatic nitrogens is 1. The Morgan fingerprint density at radius 2 is 2.04 bits per heavy atom. The summed E-state index contributed by atoms with van der Waals surface area (Å²) in [5, 5.41) is 5.99. The van der Waals surface area contributed by atoms with Gasteiger partial charge in [-0.25, -0.2) is 4.79 Å². The Morgan fingerprint density at radius 3 is 2.68 bits per heavy atom. The predicted octanol–water partition coefficient (Wildman–Crippen LogP) is 3.02. The normalized spacial score (nSPS) is 17.5. The summed E-state index contributed by atoms with van der Waals surface area (Å²) in [6.45, 7) is 11.7. The molecule has 1 saturated heterocycles. The Hall–Kier alpha value is -2.11. The molecule has 138 valence electrons. The van der Waals surface area contributed by atoms with Crippen LogP contribution in [0.4, 0.5) is 10.5 Å². The van der Waals surface area contributed by atoms with Crippen molar-refractivity contribution in [3.8, 4) is 0 Å². The van der Waals surface area contributed by atoms with Crippen molar-refractivity contribution in [2.45, 2.75) is 47.5 Å². The summed E-state index contributed by atoms with van der Waals surface area (Å²) in [4.78, 5) is 30.7. The molecule has 0 spiro atoms. The summed E-state index contributed by atoms with van der Waals surface area (Å²) in [5.41, 5.74) is 3.61. The van der Waals surface area contributed by atoms with Crippen LogP contribution in [0, 0.1) is 32.6 Å². The van der Waals surface area contributed by atoms with Crippen LogP contribution in [0.3, 0.4) is 0 Å². The van der Waals surface area contributed by atoms with Crippen molar-refractivity contribution in [3.63, 3.8) is 0 Å². The van der Waals surface area contributed by atoms with Crippen molar-refractivity contribution in [3.05, 3.63) is 23.0 Å². The second-order valence-corrected chi connectivity index (χ2v) is 7.33. The Balaban J connectivity index is 1.94. The number of pyridine rings is 1. The fraction of sp³-hybridized carbons (Fsp3) is 0.632. The number of nitrogens with one attached hydrogen (secondary N) is 2. The Kier molecular flexibility index (Phi) is 6.39. The van der Waals surface area contributed by atoms with Crippen LogP contribution in [0.2, 0.25) is 0 Å². The van der Waals surface area contributed by atoms with Crippen molar-refractivity contribution in [2.24, 2.45) is 11.8 Å². The molecule has 6 nitrogen and oxygen atoms in total. The van der Waals surface area contributed by atoms with E-state index in [4.69, 9.17) is 0 Å². The van der Waals surface area contributed by atoms with Crippen molar-refractivity contribution in [2.75, 3.05) is 25.0 Å². The van der Waals surface area contributed by atoms with Gasteiger partial charge in [0.15, 0.2) is 0 Å². The first-order valence-electron chi connectivity index (χ1n) is 9.06. The quantitative estimate of drug-likeness (QED) is 0.880. The van der Waals surface area contributed by atoms with Gasteiger partial charge in [0.05, 0.1) is 11.4 Å². The molecule has 0 saturated carbocycles. The van der Waals surface area contributed by atoms with E-state index in [1.54, 1.807) is 0 Å². The zero-order valence-corrected chi connectivity index (χ0v) is 16.0. The van der Waals surface area contributed by atoms with Crippen LogP contribution in [-0.2, 0) is 4.79 Å². The first-order valence-corrected chi connectivity index (χ1v) is 9.06. The number of anilines is 1. The van der Waals surface area contributed by atoms with E-state index in [-0.39, 0.29) is 17.9 Å². The Labute approximate surface area is 150 Å². The summed E-state index contributed by atoms with van der Waals surface area (Å²) in [7, 11) is 0. The zero-order chi connectivity index (χ0) is 18.6. The molecule has 1 aromatic rings. The molecule has 0 radical (unpaired) electrons. The number of carbonyl (C=O) groups is 2. The third-order valence-electron chi connectivity index (χ3n) is 4.65. The molecule has 1 fully saturated rings. The van der Waals surface area contributed by atoms with Gasteiger partial charge >= 0.3 is 6.03 Å². The van der Waals surface area contributed by atoms with E-state index in [0.717, 1.165) is 42.0 Å². The van der Waals surface area contributed by atoms with E-state index in [1.807, 2.05) is 45.6 Å². The molecule has 3 amide bonds. The second kappa shape index (κ2) is 8.32. The lowest BCUT2D eigenvalue weighted by Crippen LogP contribution is -2.45. The van der Waals surface area contributed by atoms with Gasteiger partial charge in [0.2, 0.25) is 5.91 Å². The number of piperidine rings is 1. The lowest BCUT2D eigenvalue weighted by atomic mass is 9.98. The number of aryl methyl sites for hydroxylation is 3. The first kappa shape index (κ1) is 19.2. The number of nitrogens with zero attached hydrogens (tertiary/aromatic N) is 2. The number of hydrogen-bond donors (Lipinski definition) is 2. The van der Waals surface area contributed by atoms with Crippen LogP contribution < -0.4 is 10.6 Å². The summed E-state index contributed by atoms with van der Waals surface area (Å²) in [5.74, 6) is 0.363. The van der Waals surface area contributed by atoms with Gasteiger partial charge in [-0.05, 0) is 51.2 Å². The van der Waals surface area contributed by atoms with E-state index in [2.05, 4.69) is 15.6 Å². The highest BCUT2D eigenvalue weighted by molar-refractivity contribution is 5.90. The second-order valence-electron chi connectivity index (χ2n) is 7.33. The highest BCUT2D eigenvalue weighted by Gasteiger charge is 2.25. The van der Waals surface area contributed by atoms with E-state index >= 15 is 0 Å². The highest BCUT2D eigenvalue weighted by atomic mass is 16.2. The number of urea groups is 1. The minimum Gasteiger partial charge on any atom is -0.356 e. The lowest BCUT2D eigenvalue weighted by Gasteiger charge is -2.33. The van der Waals surface area contributed by atoms with Crippen molar-refractivity contribution >= 4 is 17.6 Å². The highest BCUT2D eigenvalue weighted by Crippen LogP contribution is 2.21. The van der Waals surface area contributed by atoms with Gasteiger partial charge in [0.1, 0.15) is 0 Å². The van der Waals surface area contributed by atoms with Gasteiger partial charge in [-0.1, -0.05) is 13.8 Å². The minimum absolute atomic E-state index is 0.0111. The Morgan fingerprint density at radius 1 is 1.32 bits per heavy atom. The van der Waals surface area contributed by atoms with Crippen LogP contribution in [0.25, 0.3) is 0 Å². The molecule has 0 aliphatic carbocycles. The molecule has 1 aliphatic rings. The zero-order valence-electron chi connectivity index (χ0n) is 16.0. The maximum Gasteiger partial charge on any atom is 0.321 e. The molecule has 1 atom stereocenters. The molecule has 0 bridgehead atoms. The monoisotopic (exact) mass is 346 g/mol. The standard InChI is InChI=1S/C19H30N4O2/c1-12(2)18(24)20-10-16-7-6-8-23(11-16)19(25)22-17-13(3)9-14(4)21-15(17)5/h9,12,16H,6-8,10-11H2,1-5H3,(H,20,24)(H,22,25). The fourth-order valence-electron chi connectivity index (χ4n) is 3.26. The van der Waals surface area contributed by atoms with E-state index in [0.29, 0.717) is 19.0 Å². The van der Waals surface area contributed by atoms with Gasteiger partial charge in [-0.3, -0.25) is 9.78 Å². The number of likely N-dealkylation sites (tertiary alicyclic amines) is 1. The van der Waals surface area contributed by atoms with Gasteiger partial charge in [0, 0.05) is 31.2 Å². The van der Waals surface area contributed by atoms with Crippen molar-refractivity contribution < 1.29 is 9.59 Å². The molecular formula is C19H30N4O2. The smallest absolute Gasteiger partial charge is 0.321 e. The summed E-state index contributed by atoms with van der Waals surface area (Å²) < 4.78 is 0. The van der Waals surface area contributed by atoms with Gasteiger partial charge in [-0.2, -0.15) is 0 Å². The van der Waals surface area contributed by atoms with E-state index < -0.39 is 0 Å². The number of carbonyl (C=O) groups excluding carboxylic acids is 2. The van der Waals surface area contributed by atoms with Crippen LogP contribution in [0.1, 0.15) is 43.6 Å². The topological polar surface area (TPSA) is 74.3 Å². The number of rotatable bonds is 4. The van der Waals surface area contributed by atoms with Crippen molar-refractivity contribution in [1.29, 1.82) is 0 Å². The fourth-order valence-corrected chi connectivity index (χ4v) is 3.26. The van der Waals surface area contributed by atoms with Crippen LogP contribution in [0.15, 0.2) is 6.07 Å². The average Bonchev–Trinajstić information content (AvgIpc) is 2.55. The molecule has 0 aromatic carbocycles. The maximum atomic E-state index is 12.6. The van der Waals surface area contributed by atoms with Gasteiger partial charge in [0.25, 0.3) is 0 Å². The minimum atomic E-state index is -0.0864. The maximum absolute atomic E-state index is 12.6. The Bertz CT molecular complexity index is 619. The van der Waals surface area contributed by atoms with E-state index in [1.165, 1.54) is 0 Å². The number of hydrogen-bond acceptors (Lipinski definition) is 3. The lowest BCUT2D eigenvalue weighted by molar-refractivity contribution is -0.124. The predicted molar refractivity (Wildman–Crippen MR) is 99.6 cm³/mol. The molecule has 2 heterocycles. The molecule has 1 unspecified atom stereocenters. The SMILES string of the molecule is Cc1cc(C)c(NC(=O)N2CCCC(CNC(=O)C(C)C)C2)c(C)n1. The summed E-state index contributed by atoms with van der Waals surface area (Å²) in [6, 6.07) is 1.89. The van der Waals surface area contributed by atoms with Crippen LogP contribution >= 0.6 is 0 Å². The number of amides is 3. The molecule has 1 aliphatic heterocycles. The van der Waals surface area contributed by atoms with Gasteiger partial charge in [-0.15, -0.1) is 0 Å². The molecule has 25 heavy (non-hydrogen) atoms.